The molecule has 0 bridgehead atoms. The highest BCUT2D eigenvalue weighted by Gasteiger charge is 2.29. The summed E-state index contributed by atoms with van der Waals surface area (Å²) in [4.78, 5) is 33.5. The molecular weight excluding hydrogens is 439 g/mol. The van der Waals surface area contributed by atoms with Gasteiger partial charge in [0.25, 0.3) is 11.5 Å². The number of amides is 1. The molecule has 3 aromatic rings. The van der Waals surface area contributed by atoms with Crippen molar-refractivity contribution < 1.29 is 22.7 Å². The molecule has 0 saturated carbocycles. The minimum absolute atomic E-state index is 0.0230. The van der Waals surface area contributed by atoms with E-state index in [4.69, 9.17) is 16.3 Å². The molecule has 0 radical (unpaired) electrons. The second-order valence-corrected chi connectivity index (χ2v) is 7.15. The molecular formula is C19H17ClF3N5O3. The standard InChI is InChI=1S/C19H17ClF3N5O3/c1-10(27(2)3)25-18(30)12-8-24-28-16(29)7-14(26-17(12)28)11-4-5-13(20)15(6-11)31-9-19(21,22)23/h4-8,26H,9H2,1-3H3/b25-10+. The Labute approximate surface area is 178 Å². The number of benzene rings is 1. The summed E-state index contributed by atoms with van der Waals surface area (Å²) < 4.78 is 43.2. The Kier molecular flexibility index (Phi) is 6.07. The van der Waals surface area contributed by atoms with Crippen molar-refractivity contribution in [2.24, 2.45) is 4.99 Å². The molecule has 31 heavy (non-hydrogen) atoms. The van der Waals surface area contributed by atoms with Gasteiger partial charge in [0.05, 0.1) is 16.9 Å². The number of ether oxygens (including phenoxy) is 1. The summed E-state index contributed by atoms with van der Waals surface area (Å²) in [6.45, 7) is 0.129. The minimum Gasteiger partial charge on any atom is -0.483 e. The smallest absolute Gasteiger partial charge is 0.422 e. The third kappa shape index (κ3) is 5.05. The molecule has 0 saturated heterocycles. The second-order valence-electron chi connectivity index (χ2n) is 6.75. The third-order valence-electron chi connectivity index (χ3n) is 4.27. The van der Waals surface area contributed by atoms with E-state index in [0.29, 0.717) is 11.4 Å². The van der Waals surface area contributed by atoms with Crippen LogP contribution in [0, 0.1) is 0 Å². The number of halogens is 4. The molecule has 0 fully saturated rings. The monoisotopic (exact) mass is 455 g/mol. The molecule has 0 atom stereocenters. The number of H-pyrrole nitrogens is 1. The van der Waals surface area contributed by atoms with Crippen molar-refractivity contribution >= 4 is 29.0 Å². The van der Waals surface area contributed by atoms with Crippen LogP contribution >= 0.6 is 11.6 Å². The summed E-state index contributed by atoms with van der Waals surface area (Å²) in [5, 5.41) is 3.89. The number of amidine groups is 1. The quantitative estimate of drug-likeness (QED) is 0.481. The van der Waals surface area contributed by atoms with Gasteiger partial charge in [0.15, 0.2) is 12.3 Å². The summed E-state index contributed by atoms with van der Waals surface area (Å²) >= 11 is 5.92. The number of fused-ring (bicyclic) bond motifs is 1. The zero-order valence-electron chi connectivity index (χ0n) is 16.6. The first-order valence-electron chi connectivity index (χ1n) is 8.84. The van der Waals surface area contributed by atoms with Crippen LogP contribution in [-0.2, 0) is 0 Å². The number of hydrogen-bond donors (Lipinski definition) is 1. The van der Waals surface area contributed by atoms with Gasteiger partial charge in [0.1, 0.15) is 17.1 Å². The molecule has 8 nitrogen and oxygen atoms in total. The molecule has 0 unspecified atom stereocenters. The average molecular weight is 456 g/mol. The zero-order valence-corrected chi connectivity index (χ0v) is 17.4. The van der Waals surface area contributed by atoms with E-state index in [2.05, 4.69) is 15.1 Å². The normalized spacial score (nSPS) is 12.3. The highest BCUT2D eigenvalue weighted by Crippen LogP contribution is 2.31. The van der Waals surface area contributed by atoms with Crippen LogP contribution in [0.4, 0.5) is 13.2 Å². The van der Waals surface area contributed by atoms with E-state index in [1.807, 2.05) is 0 Å². The fourth-order valence-corrected chi connectivity index (χ4v) is 2.72. The van der Waals surface area contributed by atoms with Crippen molar-refractivity contribution in [3.63, 3.8) is 0 Å². The Morgan fingerprint density at radius 2 is 2.03 bits per heavy atom. The van der Waals surface area contributed by atoms with Crippen LogP contribution in [-0.4, -0.2) is 58.1 Å². The van der Waals surface area contributed by atoms with Gasteiger partial charge >= 0.3 is 6.18 Å². The Bertz CT molecular complexity index is 1230. The molecule has 12 heteroatoms. The lowest BCUT2D eigenvalue weighted by Crippen LogP contribution is -2.20. The molecule has 164 valence electrons. The number of carbonyl (C=O) groups excluding carboxylic acids is 1. The van der Waals surface area contributed by atoms with Gasteiger partial charge in [-0.25, -0.2) is 0 Å². The molecule has 0 aliphatic carbocycles. The number of nitrogens with zero attached hydrogens (tertiary/aromatic N) is 4. The number of rotatable bonds is 4. The van der Waals surface area contributed by atoms with E-state index >= 15 is 0 Å². The predicted molar refractivity (Wildman–Crippen MR) is 109 cm³/mol. The van der Waals surface area contributed by atoms with Crippen LogP contribution in [0.25, 0.3) is 16.9 Å². The summed E-state index contributed by atoms with van der Waals surface area (Å²) in [7, 11) is 3.45. The third-order valence-corrected chi connectivity index (χ3v) is 4.59. The lowest BCUT2D eigenvalue weighted by Gasteiger charge is -2.12. The fourth-order valence-electron chi connectivity index (χ4n) is 2.54. The first-order chi connectivity index (χ1) is 14.5. The van der Waals surface area contributed by atoms with Gasteiger partial charge in [-0.05, 0) is 19.1 Å². The van der Waals surface area contributed by atoms with Gasteiger partial charge < -0.3 is 14.6 Å². The summed E-state index contributed by atoms with van der Waals surface area (Å²) in [6.07, 6.45) is -3.32. The molecule has 1 N–H and O–H groups in total. The molecule has 3 rings (SSSR count). The van der Waals surface area contributed by atoms with Gasteiger partial charge in [-0.1, -0.05) is 17.7 Å². The van der Waals surface area contributed by atoms with Crippen LogP contribution in [0.1, 0.15) is 17.3 Å². The average Bonchev–Trinajstić information content (AvgIpc) is 3.11. The molecule has 1 aromatic carbocycles. The number of carbonyl (C=O) groups is 1. The summed E-state index contributed by atoms with van der Waals surface area (Å²) in [5.74, 6) is -0.362. The van der Waals surface area contributed by atoms with E-state index in [0.717, 1.165) is 4.52 Å². The van der Waals surface area contributed by atoms with Gasteiger partial charge in [-0.2, -0.15) is 27.8 Å². The highest BCUT2D eigenvalue weighted by molar-refractivity contribution is 6.32. The van der Waals surface area contributed by atoms with Crippen molar-refractivity contribution in [2.45, 2.75) is 13.1 Å². The lowest BCUT2D eigenvalue weighted by atomic mass is 10.1. The Morgan fingerprint density at radius 3 is 2.68 bits per heavy atom. The second kappa shape index (κ2) is 8.42. The van der Waals surface area contributed by atoms with Crippen molar-refractivity contribution in [3.05, 3.63) is 51.4 Å². The highest BCUT2D eigenvalue weighted by atomic mass is 35.5. The topological polar surface area (TPSA) is 92.1 Å². The van der Waals surface area contributed by atoms with Crippen LogP contribution < -0.4 is 10.3 Å². The first kappa shape index (κ1) is 22.3. The maximum absolute atomic E-state index is 12.5. The summed E-state index contributed by atoms with van der Waals surface area (Å²) in [6, 6.07) is 5.30. The van der Waals surface area contributed by atoms with Crippen molar-refractivity contribution in [1.29, 1.82) is 0 Å². The van der Waals surface area contributed by atoms with E-state index < -0.39 is 24.2 Å². The van der Waals surface area contributed by atoms with Crippen molar-refractivity contribution in [2.75, 3.05) is 20.7 Å². The molecule has 2 aromatic heterocycles. The fraction of sp³-hybridized carbons (Fsp3) is 0.263. The molecule has 1 amide bonds. The molecule has 0 aliphatic rings. The van der Waals surface area contributed by atoms with E-state index in [1.54, 1.807) is 25.9 Å². The largest absolute Gasteiger partial charge is 0.483 e. The van der Waals surface area contributed by atoms with E-state index in [9.17, 15) is 22.8 Å². The maximum Gasteiger partial charge on any atom is 0.422 e. The van der Waals surface area contributed by atoms with Crippen molar-refractivity contribution in [3.8, 4) is 17.0 Å². The van der Waals surface area contributed by atoms with E-state index in [1.165, 1.54) is 30.5 Å². The minimum atomic E-state index is -4.54. The first-order valence-corrected chi connectivity index (χ1v) is 9.21. The van der Waals surface area contributed by atoms with Gasteiger partial charge in [0.2, 0.25) is 0 Å². The number of alkyl halides is 3. The van der Waals surface area contributed by atoms with Crippen LogP contribution in [0.5, 0.6) is 5.75 Å². The maximum atomic E-state index is 12.5. The van der Waals surface area contributed by atoms with Crippen LogP contribution in [0.3, 0.4) is 0 Å². The lowest BCUT2D eigenvalue weighted by molar-refractivity contribution is -0.153. The number of aromatic amines is 1. The molecule has 2 heterocycles. The van der Waals surface area contributed by atoms with Gasteiger partial charge in [-0.3, -0.25) is 9.59 Å². The summed E-state index contributed by atoms with van der Waals surface area (Å²) in [5.41, 5.74) is 0.157. The van der Waals surface area contributed by atoms with Crippen LogP contribution in [0.2, 0.25) is 5.02 Å². The number of hydrogen-bond acceptors (Lipinski definition) is 4. The van der Waals surface area contributed by atoms with E-state index in [-0.39, 0.29) is 27.7 Å². The Morgan fingerprint density at radius 1 is 1.32 bits per heavy atom. The van der Waals surface area contributed by atoms with Crippen molar-refractivity contribution in [1.82, 2.24) is 19.5 Å². The Balaban J connectivity index is 2.05. The van der Waals surface area contributed by atoms with Gasteiger partial charge in [0, 0.05) is 25.7 Å². The number of aromatic nitrogens is 3. The zero-order chi connectivity index (χ0) is 22.9. The Hall–Kier alpha value is -3.34. The molecule has 0 aliphatic heterocycles. The molecule has 0 spiro atoms. The number of nitrogens with one attached hydrogen (secondary N) is 1. The number of aliphatic imine (C=N–C) groups is 1. The van der Waals surface area contributed by atoms with Gasteiger partial charge in [-0.15, -0.1) is 0 Å². The van der Waals surface area contributed by atoms with Crippen LogP contribution in [0.15, 0.2) is 40.2 Å². The predicted octanol–water partition coefficient (Wildman–Crippen LogP) is 3.40. The SMILES string of the molecule is C/C(=N\C(=O)c1cnn2c(=O)cc(-c3ccc(Cl)c(OCC(F)(F)F)c3)[nH]c12)N(C)C.